The minimum absolute atomic E-state index is 0.199. The van der Waals surface area contributed by atoms with Crippen molar-refractivity contribution in [3.8, 4) is 17.1 Å². The number of phenols is 1. The largest absolute Gasteiger partial charge is 0.508 e. The minimum Gasteiger partial charge on any atom is -0.508 e. The van der Waals surface area contributed by atoms with Crippen LogP contribution in [0.3, 0.4) is 0 Å². The Balaban J connectivity index is 2.25. The first-order valence-corrected chi connectivity index (χ1v) is 7.06. The van der Waals surface area contributed by atoms with Gasteiger partial charge in [-0.1, -0.05) is 11.8 Å². The number of carbonyl (C=O) groups excluding carboxylic acids is 1. The quantitative estimate of drug-likeness (QED) is 0.670. The van der Waals surface area contributed by atoms with Crippen LogP contribution in [-0.2, 0) is 16.1 Å². The molecule has 1 aromatic carbocycles. The van der Waals surface area contributed by atoms with E-state index in [0.29, 0.717) is 17.5 Å². The smallest absolute Gasteiger partial charge is 0.316 e. The molecular weight excluding hydrogens is 278 g/mol. The number of phenolic OH excluding ortho intramolecular Hbond substituents is 1. The fourth-order valence-corrected chi connectivity index (χ4v) is 2.52. The van der Waals surface area contributed by atoms with Gasteiger partial charge in [0.15, 0.2) is 11.0 Å². The maximum Gasteiger partial charge on any atom is 0.316 e. The van der Waals surface area contributed by atoms with Gasteiger partial charge in [0.25, 0.3) is 0 Å². The van der Waals surface area contributed by atoms with E-state index in [9.17, 15) is 9.90 Å². The molecule has 2 rings (SSSR count). The van der Waals surface area contributed by atoms with E-state index >= 15 is 0 Å². The van der Waals surface area contributed by atoms with Crippen LogP contribution in [-0.4, -0.2) is 38.7 Å². The summed E-state index contributed by atoms with van der Waals surface area (Å²) in [4.78, 5) is 11.2. The molecule has 0 unspecified atom stereocenters. The van der Waals surface area contributed by atoms with Crippen LogP contribution in [0, 0.1) is 0 Å². The van der Waals surface area contributed by atoms with Crippen LogP contribution in [0.5, 0.6) is 5.75 Å². The molecule has 20 heavy (non-hydrogen) atoms. The molecule has 0 aliphatic rings. The monoisotopic (exact) mass is 293 g/mol. The number of rotatable bonds is 5. The molecule has 106 valence electrons. The fourth-order valence-electron chi connectivity index (χ4n) is 1.69. The Labute approximate surface area is 120 Å². The molecular formula is C13H15N3O3S. The normalized spacial score (nSPS) is 10.5. The van der Waals surface area contributed by atoms with Gasteiger partial charge in [0.2, 0.25) is 0 Å². The van der Waals surface area contributed by atoms with Crippen molar-refractivity contribution in [2.45, 2.75) is 18.6 Å². The van der Waals surface area contributed by atoms with Crippen molar-refractivity contribution in [3.05, 3.63) is 24.3 Å². The summed E-state index contributed by atoms with van der Waals surface area (Å²) in [5, 5.41) is 18.2. The Morgan fingerprint density at radius 3 is 2.65 bits per heavy atom. The standard InChI is InChI=1S/C13H15N3O3S/c1-3-16-12(9-4-6-10(17)7-5-9)14-15-13(16)20-8-11(18)19-2/h4-7,17H,3,8H2,1-2H3. The highest BCUT2D eigenvalue weighted by atomic mass is 32.2. The predicted molar refractivity (Wildman–Crippen MR) is 75.5 cm³/mol. The second kappa shape index (κ2) is 6.42. The molecule has 0 saturated heterocycles. The van der Waals surface area contributed by atoms with Gasteiger partial charge < -0.3 is 14.4 Å². The van der Waals surface area contributed by atoms with E-state index in [0.717, 1.165) is 5.56 Å². The molecule has 0 aliphatic carbocycles. The molecule has 0 amide bonds. The highest BCUT2D eigenvalue weighted by Gasteiger charge is 2.14. The molecule has 0 aliphatic heterocycles. The van der Waals surface area contributed by atoms with Gasteiger partial charge in [-0.3, -0.25) is 4.79 Å². The van der Waals surface area contributed by atoms with Crippen molar-refractivity contribution in [1.29, 1.82) is 0 Å². The minimum atomic E-state index is -0.299. The molecule has 1 N–H and O–H groups in total. The Bertz CT molecular complexity index is 595. The summed E-state index contributed by atoms with van der Waals surface area (Å²) in [6.07, 6.45) is 0. The van der Waals surface area contributed by atoms with E-state index in [1.54, 1.807) is 24.3 Å². The van der Waals surface area contributed by atoms with Crippen molar-refractivity contribution in [1.82, 2.24) is 14.8 Å². The zero-order valence-electron chi connectivity index (χ0n) is 11.2. The first kappa shape index (κ1) is 14.4. The number of ether oxygens (including phenoxy) is 1. The lowest BCUT2D eigenvalue weighted by Crippen LogP contribution is -2.05. The first-order chi connectivity index (χ1) is 9.65. The van der Waals surface area contributed by atoms with E-state index in [4.69, 9.17) is 0 Å². The van der Waals surface area contributed by atoms with Gasteiger partial charge in [0.05, 0.1) is 12.9 Å². The van der Waals surface area contributed by atoms with E-state index in [2.05, 4.69) is 14.9 Å². The number of thioether (sulfide) groups is 1. The Kier molecular flexibility index (Phi) is 4.62. The summed E-state index contributed by atoms with van der Waals surface area (Å²) >= 11 is 1.29. The van der Waals surface area contributed by atoms with Gasteiger partial charge in [0, 0.05) is 12.1 Å². The third-order valence-corrected chi connectivity index (χ3v) is 3.65. The first-order valence-electron chi connectivity index (χ1n) is 6.08. The predicted octanol–water partition coefficient (Wildman–Crippen LogP) is 1.94. The van der Waals surface area contributed by atoms with E-state index in [1.807, 2.05) is 11.5 Å². The average Bonchev–Trinajstić information content (AvgIpc) is 2.88. The molecule has 0 radical (unpaired) electrons. The van der Waals surface area contributed by atoms with Gasteiger partial charge in [-0.05, 0) is 31.2 Å². The van der Waals surface area contributed by atoms with Gasteiger partial charge in [-0.25, -0.2) is 0 Å². The van der Waals surface area contributed by atoms with Gasteiger partial charge in [-0.2, -0.15) is 0 Å². The van der Waals surface area contributed by atoms with Crippen LogP contribution in [0.25, 0.3) is 11.4 Å². The molecule has 1 heterocycles. The molecule has 6 nitrogen and oxygen atoms in total. The Morgan fingerprint density at radius 2 is 2.05 bits per heavy atom. The van der Waals surface area contributed by atoms with Gasteiger partial charge >= 0.3 is 5.97 Å². The number of aromatic nitrogens is 3. The fraction of sp³-hybridized carbons (Fsp3) is 0.308. The molecule has 0 spiro atoms. The number of aromatic hydroxyl groups is 1. The molecule has 0 bridgehead atoms. The SMILES string of the molecule is CCn1c(SCC(=O)OC)nnc1-c1ccc(O)cc1. The van der Waals surface area contributed by atoms with E-state index in [1.165, 1.54) is 18.9 Å². The zero-order chi connectivity index (χ0) is 14.5. The van der Waals surface area contributed by atoms with Crippen LogP contribution in [0.1, 0.15) is 6.92 Å². The second-order valence-corrected chi connectivity index (χ2v) is 4.90. The van der Waals surface area contributed by atoms with Crippen LogP contribution in [0.15, 0.2) is 29.4 Å². The van der Waals surface area contributed by atoms with Gasteiger partial charge in [-0.15, -0.1) is 10.2 Å². The van der Waals surface area contributed by atoms with E-state index < -0.39 is 0 Å². The summed E-state index contributed by atoms with van der Waals surface area (Å²) in [7, 11) is 1.36. The topological polar surface area (TPSA) is 77.2 Å². The van der Waals surface area contributed by atoms with Crippen LogP contribution in [0.2, 0.25) is 0 Å². The van der Waals surface area contributed by atoms with Crippen molar-refractivity contribution in [2.75, 3.05) is 12.9 Å². The third kappa shape index (κ3) is 3.11. The summed E-state index contributed by atoms with van der Waals surface area (Å²) in [6, 6.07) is 6.76. The number of hydrogen-bond donors (Lipinski definition) is 1. The van der Waals surface area contributed by atoms with E-state index in [-0.39, 0.29) is 17.5 Å². The molecule has 7 heteroatoms. The second-order valence-electron chi connectivity index (χ2n) is 3.96. The highest BCUT2D eigenvalue weighted by molar-refractivity contribution is 7.99. The number of carbonyl (C=O) groups is 1. The van der Waals surface area contributed by atoms with Crippen molar-refractivity contribution < 1.29 is 14.6 Å². The number of nitrogens with zero attached hydrogens (tertiary/aromatic N) is 3. The van der Waals surface area contributed by atoms with Crippen molar-refractivity contribution in [3.63, 3.8) is 0 Å². The molecule has 0 fully saturated rings. The Hall–Kier alpha value is -2.02. The van der Waals surface area contributed by atoms with Crippen LogP contribution >= 0.6 is 11.8 Å². The number of esters is 1. The molecule has 1 aromatic heterocycles. The maximum absolute atomic E-state index is 11.2. The summed E-state index contributed by atoms with van der Waals surface area (Å²) in [5.74, 6) is 0.813. The van der Waals surface area contributed by atoms with Crippen LogP contribution in [0.4, 0.5) is 0 Å². The third-order valence-electron chi connectivity index (χ3n) is 2.71. The van der Waals surface area contributed by atoms with Crippen molar-refractivity contribution in [2.24, 2.45) is 0 Å². The maximum atomic E-state index is 11.2. The molecule has 0 saturated carbocycles. The summed E-state index contributed by atoms with van der Waals surface area (Å²) in [5.41, 5.74) is 0.863. The summed E-state index contributed by atoms with van der Waals surface area (Å²) in [6.45, 7) is 2.67. The van der Waals surface area contributed by atoms with Crippen LogP contribution < -0.4 is 0 Å². The van der Waals surface area contributed by atoms with Gasteiger partial charge in [0.1, 0.15) is 5.75 Å². The highest BCUT2D eigenvalue weighted by Crippen LogP contribution is 2.25. The lowest BCUT2D eigenvalue weighted by molar-refractivity contribution is -0.137. The molecule has 0 atom stereocenters. The summed E-state index contributed by atoms with van der Waals surface area (Å²) < 4.78 is 6.52. The number of methoxy groups -OCH3 is 1. The average molecular weight is 293 g/mol. The number of benzene rings is 1. The zero-order valence-corrected chi connectivity index (χ0v) is 12.1. The molecule has 2 aromatic rings. The number of hydrogen-bond acceptors (Lipinski definition) is 6. The lowest BCUT2D eigenvalue weighted by Gasteiger charge is -2.07. The Morgan fingerprint density at radius 1 is 1.35 bits per heavy atom. The lowest BCUT2D eigenvalue weighted by atomic mass is 10.2. The van der Waals surface area contributed by atoms with Crippen molar-refractivity contribution >= 4 is 17.7 Å².